The van der Waals surface area contributed by atoms with Crippen LogP contribution >= 0.6 is 0 Å². The number of nitrogens with zero attached hydrogens (tertiary/aromatic N) is 6. The molecule has 0 spiro atoms. The Morgan fingerprint density at radius 2 is 1.78 bits per heavy atom. The van der Waals surface area contributed by atoms with E-state index in [0.717, 1.165) is 52.1 Å². The van der Waals surface area contributed by atoms with Crippen LogP contribution in [0, 0.1) is 6.92 Å². The van der Waals surface area contributed by atoms with E-state index in [1.807, 2.05) is 50.4 Å². The summed E-state index contributed by atoms with van der Waals surface area (Å²) in [6.07, 6.45) is 1.73. The number of carbonyl (C=O) groups is 1. The number of aryl methyl sites for hydroxylation is 2. The van der Waals surface area contributed by atoms with Crippen LogP contribution in [0.1, 0.15) is 32.5 Å². The van der Waals surface area contributed by atoms with Crippen LogP contribution < -0.4 is 16.0 Å². The first-order valence-electron chi connectivity index (χ1n) is 12.3. The van der Waals surface area contributed by atoms with Crippen molar-refractivity contribution in [2.24, 2.45) is 7.05 Å². The molecule has 0 saturated heterocycles. The summed E-state index contributed by atoms with van der Waals surface area (Å²) in [4.78, 5) is 21.5. The zero-order valence-corrected chi connectivity index (χ0v) is 21.0. The maximum atomic E-state index is 11.7. The number of carbonyl (C=O) groups excluding carboxylic acids is 1. The van der Waals surface area contributed by atoms with Crippen LogP contribution in [0.3, 0.4) is 0 Å². The maximum Gasteiger partial charge on any atom is 0.314 e. The predicted molar refractivity (Wildman–Crippen MR) is 142 cm³/mol. The Kier molecular flexibility index (Phi) is 6.41. The molecule has 0 atom stereocenters. The Labute approximate surface area is 209 Å². The van der Waals surface area contributed by atoms with Gasteiger partial charge in [0.15, 0.2) is 5.82 Å². The summed E-state index contributed by atoms with van der Waals surface area (Å²) >= 11 is 0. The number of amides is 2. The van der Waals surface area contributed by atoms with Crippen LogP contribution in [-0.2, 0) is 7.05 Å². The first-order chi connectivity index (χ1) is 17.4. The molecular weight excluding hydrogens is 454 g/mol. The molecule has 36 heavy (non-hydrogen) atoms. The van der Waals surface area contributed by atoms with E-state index in [0.29, 0.717) is 24.6 Å². The Bertz CT molecular complexity index is 1550. The number of urea groups is 1. The first-order valence-corrected chi connectivity index (χ1v) is 12.3. The van der Waals surface area contributed by atoms with E-state index < -0.39 is 0 Å². The van der Waals surface area contributed by atoms with Crippen LogP contribution in [0.5, 0.6) is 0 Å². The smallest absolute Gasteiger partial charge is 0.314 e. The molecule has 3 heterocycles. The summed E-state index contributed by atoms with van der Waals surface area (Å²) in [7, 11) is 2.03. The number of rotatable bonds is 8. The van der Waals surface area contributed by atoms with Gasteiger partial charge in [0.05, 0.1) is 22.1 Å². The average molecular weight is 486 g/mol. The second-order valence-corrected chi connectivity index (χ2v) is 9.24. The third-order valence-corrected chi connectivity index (χ3v) is 6.13. The molecule has 3 N–H and O–H groups in total. The maximum absolute atomic E-state index is 11.7. The fourth-order valence-electron chi connectivity index (χ4n) is 4.41. The number of benzene rings is 2. The number of para-hydroxylation sites is 2. The minimum atomic E-state index is -0.133. The predicted octanol–water partition coefficient (Wildman–Crippen LogP) is 4.04. The Morgan fingerprint density at radius 1 is 0.972 bits per heavy atom. The van der Waals surface area contributed by atoms with Crippen LogP contribution in [-0.4, -0.2) is 54.3 Å². The zero-order chi connectivity index (χ0) is 25.2. The molecule has 5 rings (SSSR count). The quantitative estimate of drug-likeness (QED) is 0.286. The van der Waals surface area contributed by atoms with Crippen LogP contribution in [0.15, 0.2) is 42.5 Å². The van der Waals surface area contributed by atoms with Crippen LogP contribution in [0.2, 0.25) is 0 Å². The number of unbranched alkanes of at least 4 members (excludes halogenated alkanes) is 1. The van der Waals surface area contributed by atoms with Gasteiger partial charge in [-0.25, -0.2) is 14.8 Å². The van der Waals surface area contributed by atoms with Crippen molar-refractivity contribution in [3.05, 3.63) is 48.3 Å². The van der Waals surface area contributed by atoms with Crippen molar-refractivity contribution in [2.45, 2.75) is 39.7 Å². The van der Waals surface area contributed by atoms with Gasteiger partial charge in [-0.15, -0.1) is 10.2 Å². The fourth-order valence-corrected chi connectivity index (χ4v) is 4.41. The van der Waals surface area contributed by atoms with Crippen LogP contribution in [0.4, 0.5) is 10.6 Å². The molecule has 0 unspecified atom stereocenters. The van der Waals surface area contributed by atoms with Gasteiger partial charge in [0.1, 0.15) is 11.6 Å². The highest BCUT2D eigenvalue weighted by Gasteiger charge is 2.15. The highest BCUT2D eigenvalue weighted by molar-refractivity contribution is 5.88. The van der Waals surface area contributed by atoms with Gasteiger partial charge in [0.25, 0.3) is 0 Å². The number of aromatic nitrogens is 6. The van der Waals surface area contributed by atoms with E-state index >= 15 is 0 Å². The van der Waals surface area contributed by atoms with Crippen molar-refractivity contribution in [1.29, 1.82) is 0 Å². The normalized spacial score (nSPS) is 11.6. The second-order valence-electron chi connectivity index (χ2n) is 9.24. The summed E-state index contributed by atoms with van der Waals surface area (Å²) in [5.74, 6) is 2.39. The zero-order valence-electron chi connectivity index (χ0n) is 21.0. The van der Waals surface area contributed by atoms with Crippen molar-refractivity contribution >= 4 is 39.6 Å². The summed E-state index contributed by atoms with van der Waals surface area (Å²) in [6.45, 7) is 7.14. The molecule has 186 valence electrons. The molecule has 10 nitrogen and oxygen atoms in total. The van der Waals surface area contributed by atoms with Gasteiger partial charge < -0.3 is 20.5 Å². The number of hydrogen-bond acceptors (Lipinski definition) is 6. The lowest BCUT2D eigenvalue weighted by Gasteiger charge is -2.12. The Morgan fingerprint density at radius 3 is 2.58 bits per heavy atom. The third kappa shape index (κ3) is 4.53. The second kappa shape index (κ2) is 9.80. The highest BCUT2D eigenvalue weighted by Crippen LogP contribution is 2.28. The number of anilines is 1. The number of nitrogens with one attached hydrogen (secondary N) is 3. The van der Waals surface area contributed by atoms with Crippen molar-refractivity contribution in [2.75, 3.05) is 18.4 Å². The molecule has 0 saturated carbocycles. The average Bonchev–Trinajstić information content (AvgIpc) is 3.41. The topological polar surface area (TPSA) is 114 Å². The minimum Gasteiger partial charge on any atom is -0.367 e. The van der Waals surface area contributed by atoms with E-state index in [9.17, 15) is 4.79 Å². The highest BCUT2D eigenvalue weighted by atomic mass is 16.2. The lowest BCUT2D eigenvalue weighted by Crippen LogP contribution is -2.39. The summed E-state index contributed by atoms with van der Waals surface area (Å²) in [5.41, 5.74) is 5.53. The van der Waals surface area contributed by atoms with Gasteiger partial charge in [-0.3, -0.25) is 4.40 Å². The molecule has 0 aliphatic heterocycles. The third-order valence-electron chi connectivity index (χ3n) is 6.13. The monoisotopic (exact) mass is 485 g/mol. The van der Waals surface area contributed by atoms with E-state index in [1.165, 1.54) is 0 Å². The standard InChI is InChI=1S/C26H31N9O/c1-16(2)29-26(36)28-14-8-7-13-27-23-25-33-32-17(3)35(25)22-12-11-18(15-20(22)30-23)24-31-19-9-5-6-10-21(19)34(24)4/h5-6,9-12,15-16H,7-8,13-14H2,1-4H3,(H,27,30)(H2,28,29,36). The van der Waals surface area contributed by atoms with Crippen LogP contribution in [0.25, 0.3) is 39.1 Å². The molecule has 2 aromatic carbocycles. The lowest BCUT2D eigenvalue weighted by molar-refractivity contribution is 0.238. The SMILES string of the molecule is Cc1nnc2c(NCCCCNC(=O)NC(C)C)nc3cc(-c4nc5ccccc5n4C)ccc3n12. The summed E-state index contributed by atoms with van der Waals surface area (Å²) < 4.78 is 4.13. The molecule has 3 aromatic heterocycles. The molecule has 0 aliphatic rings. The first kappa shape index (κ1) is 23.5. The van der Waals surface area contributed by atoms with E-state index in [-0.39, 0.29) is 12.1 Å². The Hall–Kier alpha value is -4.21. The van der Waals surface area contributed by atoms with Gasteiger partial charge >= 0.3 is 6.03 Å². The largest absolute Gasteiger partial charge is 0.367 e. The fraction of sp³-hybridized carbons (Fsp3) is 0.346. The number of imidazole rings is 1. The van der Waals surface area contributed by atoms with Gasteiger partial charge in [-0.2, -0.15) is 0 Å². The molecule has 0 aliphatic carbocycles. The Balaban J connectivity index is 1.38. The van der Waals surface area contributed by atoms with E-state index in [2.05, 4.69) is 55.0 Å². The van der Waals surface area contributed by atoms with Crippen molar-refractivity contribution in [3.8, 4) is 11.4 Å². The van der Waals surface area contributed by atoms with Gasteiger partial charge in [-0.05, 0) is 63.9 Å². The van der Waals surface area contributed by atoms with E-state index in [4.69, 9.17) is 9.97 Å². The lowest BCUT2D eigenvalue weighted by atomic mass is 10.1. The van der Waals surface area contributed by atoms with Gasteiger partial charge in [0.2, 0.25) is 5.65 Å². The van der Waals surface area contributed by atoms with Gasteiger partial charge in [-0.1, -0.05) is 12.1 Å². The molecular formula is C26H31N9O. The molecule has 0 radical (unpaired) electrons. The van der Waals surface area contributed by atoms with E-state index in [1.54, 1.807) is 0 Å². The molecule has 2 amide bonds. The van der Waals surface area contributed by atoms with Crippen molar-refractivity contribution in [3.63, 3.8) is 0 Å². The minimum absolute atomic E-state index is 0.122. The molecule has 10 heteroatoms. The van der Waals surface area contributed by atoms with Gasteiger partial charge in [0, 0.05) is 31.7 Å². The summed E-state index contributed by atoms with van der Waals surface area (Å²) in [5, 5.41) is 17.8. The summed E-state index contributed by atoms with van der Waals surface area (Å²) in [6, 6.07) is 14.3. The van der Waals surface area contributed by atoms with Crippen molar-refractivity contribution < 1.29 is 4.79 Å². The number of fused-ring (bicyclic) bond motifs is 4. The molecule has 5 aromatic rings. The molecule has 0 fully saturated rings. The molecule has 0 bridgehead atoms. The number of hydrogen-bond donors (Lipinski definition) is 3. The van der Waals surface area contributed by atoms with Crippen molar-refractivity contribution in [1.82, 2.24) is 39.8 Å².